The van der Waals surface area contributed by atoms with Gasteiger partial charge in [-0.2, -0.15) is 0 Å². The minimum absolute atomic E-state index is 0.0717. The topological polar surface area (TPSA) is 32.3 Å². The van der Waals surface area contributed by atoms with E-state index in [-0.39, 0.29) is 12.2 Å². The lowest BCUT2D eigenvalue weighted by atomic mass is 10.0. The second-order valence-corrected chi connectivity index (χ2v) is 6.50. The van der Waals surface area contributed by atoms with Crippen LogP contribution in [0.1, 0.15) is 91.9 Å². The van der Waals surface area contributed by atoms with Crippen molar-refractivity contribution >= 4 is 5.91 Å². The van der Waals surface area contributed by atoms with E-state index in [1.165, 1.54) is 19.3 Å². The number of amides is 1. The first-order valence-corrected chi connectivity index (χ1v) is 9.27. The molecule has 0 aromatic heterocycles. The highest BCUT2D eigenvalue weighted by Crippen LogP contribution is 2.26. The van der Waals surface area contributed by atoms with Crippen LogP contribution in [0.15, 0.2) is 0 Å². The van der Waals surface area contributed by atoms with Crippen LogP contribution in [0.3, 0.4) is 0 Å². The summed E-state index contributed by atoms with van der Waals surface area (Å²) in [6.07, 6.45) is 11.7. The van der Waals surface area contributed by atoms with Crippen LogP contribution in [-0.2, 0) is 4.79 Å². The van der Waals surface area contributed by atoms with Gasteiger partial charge in [0, 0.05) is 6.04 Å². The number of unbranched alkanes of at least 4 members (excludes halogenated alkanes) is 2. The van der Waals surface area contributed by atoms with Crippen LogP contribution in [0.4, 0.5) is 0 Å². The number of nitrogens with one attached hydrogen (secondary N) is 1. The number of nitrogens with zero attached hydrogens (tertiary/aromatic N) is 1. The number of carbonyl (C=O) groups excluding carboxylic acids is 1. The van der Waals surface area contributed by atoms with E-state index in [1.807, 2.05) is 0 Å². The third-order valence-electron chi connectivity index (χ3n) is 4.60. The maximum absolute atomic E-state index is 12.8. The molecule has 1 N–H and O–H groups in total. The van der Waals surface area contributed by atoms with Crippen molar-refractivity contribution in [2.75, 3.05) is 0 Å². The fourth-order valence-corrected chi connectivity index (χ4v) is 3.46. The van der Waals surface area contributed by atoms with Crippen molar-refractivity contribution in [2.24, 2.45) is 0 Å². The van der Waals surface area contributed by atoms with Gasteiger partial charge in [0.15, 0.2) is 0 Å². The Morgan fingerprint density at radius 1 is 0.952 bits per heavy atom. The monoisotopic (exact) mass is 296 g/mol. The largest absolute Gasteiger partial charge is 0.323 e. The number of carbonyl (C=O) groups is 1. The molecule has 1 aliphatic heterocycles. The van der Waals surface area contributed by atoms with Crippen molar-refractivity contribution in [3.63, 3.8) is 0 Å². The molecule has 21 heavy (non-hydrogen) atoms. The van der Waals surface area contributed by atoms with Crippen molar-refractivity contribution in [1.29, 1.82) is 0 Å². The van der Waals surface area contributed by atoms with Crippen LogP contribution in [0.25, 0.3) is 0 Å². The molecule has 1 amide bonds. The second kappa shape index (κ2) is 10.2. The Balaban J connectivity index is 2.77. The Bertz CT molecular complexity index is 293. The SMILES string of the molecule is CCCCC1NC(CCC)N(C(CCC)CCCC)C1=O. The van der Waals surface area contributed by atoms with Crippen LogP contribution in [-0.4, -0.2) is 29.1 Å². The molecule has 0 spiro atoms. The van der Waals surface area contributed by atoms with Crippen molar-refractivity contribution in [3.05, 3.63) is 0 Å². The summed E-state index contributed by atoms with van der Waals surface area (Å²) in [5.41, 5.74) is 0. The lowest BCUT2D eigenvalue weighted by molar-refractivity contribution is -0.132. The van der Waals surface area contributed by atoms with E-state index < -0.39 is 0 Å². The van der Waals surface area contributed by atoms with Gasteiger partial charge in [-0.3, -0.25) is 10.1 Å². The molecule has 0 aromatic carbocycles. The van der Waals surface area contributed by atoms with Gasteiger partial charge in [0.25, 0.3) is 0 Å². The molecule has 124 valence electrons. The Kier molecular flexibility index (Phi) is 8.98. The molecule has 0 radical (unpaired) electrons. The van der Waals surface area contributed by atoms with Gasteiger partial charge in [-0.25, -0.2) is 0 Å². The van der Waals surface area contributed by atoms with Crippen LogP contribution in [0, 0.1) is 0 Å². The Hall–Kier alpha value is -0.570. The molecule has 0 aromatic rings. The number of rotatable bonds is 11. The number of hydrogen-bond donors (Lipinski definition) is 1. The standard InChI is InChI=1S/C18H36N2O/c1-5-9-13-15(11-7-3)20-17(12-8-4)19-16(18(20)21)14-10-6-2/h15-17,19H,5-14H2,1-4H3. The van der Waals surface area contributed by atoms with Gasteiger partial charge in [0.1, 0.15) is 0 Å². The lowest BCUT2D eigenvalue weighted by Crippen LogP contribution is -2.44. The zero-order valence-corrected chi connectivity index (χ0v) is 14.7. The van der Waals surface area contributed by atoms with Crippen LogP contribution in [0.2, 0.25) is 0 Å². The zero-order valence-electron chi connectivity index (χ0n) is 14.7. The van der Waals surface area contributed by atoms with E-state index in [4.69, 9.17) is 0 Å². The first-order chi connectivity index (χ1) is 10.2. The molecule has 1 aliphatic rings. The minimum Gasteiger partial charge on any atom is -0.323 e. The van der Waals surface area contributed by atoms with Gasteiger partial charge in [0.2, 0.25) is 5.91 Å². The van der Waals surface area contributed by atoms with Crippen LogP contribution >= 0.6 is 0 Å². The third kappa shape index (κ3) is 5.28. The van der Waals surface area contributed by atoms with Gasteiger partial charge in [-0.05, 0) is 25.7 Å². The molecule has 1 fully saturated rings. The highest BCUT2D eigenvalue weighted by molar-refractivity contribution is 5.84. The molecule has 3 nitrogen and oxygen atoms in total. The van der Waals surface area contributed by atoms with Gasteiger partial charge in [-0.1, -0.05) is 66.2 Å². The summed E-state index contributed by atoms with van der Waals surface area (Å²) in [5.74, 6) is 0.372. The van der Waals surface area contributed by atoms with E-state index >= 15 is 0 Å². The highest BCUT2D eigenvalue weighted by atomic mass is 16.2. The molecule has 3 unspecified atom stereocenters. The summed E-state index contributed by atoms with van der Waals surface area (Å²) in [6, 6.07) is 0.514. The van der Waals surface area contributed by atoms with Gasteiger partial charge in [0.05, 0.1) is 12.2 Å². The zero-order chi connectivity index (χ0) is 15.7. The van der Waals surface area contributed by atoms with Crippen molar-refractivity contribution in [1.82, 2.24) is 10.2 Å². The van der Waals surface area contributed by atoms with Crippen molar-refractivity contribution < 1.29 is 4.79 Å². The fourth-order valence-electron chi connectivity index (χ4n) is 3.46. The van der Waals surface area contributed by atoms with Crippen molar-refractivity contribution in [3.8, 4) is 0 Å². The van der Waals surface area contributed by atoms with Gasteiger partial charge < -0.3 is 4.90 Å². The maximum atomic E-state index is 12.8. The quantitative estimate of drug-likeness (QED) is 0.610. The first kappa shape index (κ1) is 18.5. The molecule has 1 saturated heterocycles. The average molecular weight is 296 g/mol. The summed E-state index contributed by atoms with van der Waals surface area (Å²) < 4.78 is 0. The summed E-state index contributed by atoms with van der Waals surface area (Å²) >= 11 is 0. The molecule has 1 rings (SSSR count). The molecule has 3 atom stereocenters. The average Bonchev–Trinajstić information content (AvgIpc) is 2.78. The van der Waals surface area contributed by atoms with E-state index in [9.17, 15) is 4.79 Å². The predicted octanol–water partition coefficient (Wildman–Crippen LogP) is 4.46. The third-order valence-corrected chi connectivity index (χ3v) is 4.60. The predicted molar refractivity (Wildman–Crippen MR) is 90.2 cm³/mol. The second-order valence-electron chi connectivity index (χ2n) is 6.50. The Morgan fingerprint density at radius 3 is 2.24 bits per heavy atom. The summed E-state index contributed by atoms with van der Waals surface area (Å²) in [6.45, 7) is 8.88. The highest BCUT2D eigenvalue weighted by Gasteiger charge is 2.40. The van der Waals surface area contributed by atoms with Gasteiger partial charge in [-0.15, -0.1) is 0 Å². The molecular formula is C18H36N2O. The summed E-state index contributed by atoms with van der Waals surface area (Å²) in [5, 5.41) is 3.62. The minimum atomic E-state index is 0.0717. The smallest absolute Gasteiger partial charge is 0.241 e. The molecule has 0 aliphatic carbocycles. The van der Waals surface area contributed by atoms with Crippen LogP contribution in [0.5, 0.6) is 0 Å². The summed E-state index contributed by atoms with van der Waals surface area (Å²) in [7, 11) is 0. The van der Waals surface area contributed by atoms with E-state index in [1.54, 1.807) is 0 Å². The lowest BCUT2D eigenvalue weighted by Gasteiger charge is -2.33. The fraction of sp³-hybridized carbons (Fsp3) is 0.944. The maximum Gasteiger partial charge on any atom is 0.241 e. The van der Waals surface area contributed by atoms with E-state index in [0.717, 1.165) is 44.9 Å². The van der Waals surface area contributed by atoms with Crippen molar-refractivity contribution in [2.45, 2.75) is 110 Å². The van der Waals surface area contributed by atoms with E-state index in [2.05, 4.69) is 37.9 Å². The Morgan fingerprint density at radius 2 is 1.67 bits per heavy atom. The molecule has 0 bridgehead atoms. The Labute approximate surface area is 131 Å². The first-order valence-electron chi connectivity index (χ1n) is 9.27. The normalized spacial score (nSPS) is 23.8. The molecule has 3 heteroatoms. The molecule has 0 saturated carbocycles. The molecular weight excluding hydrogens is 260 g/mol. The van der Waals surface area contributed by atoms with Gasteiger partial charge >= 0.3 is 0 Å². The van der Waals surface area contributed by atoms with E-state index in [0.29, 0.717) is 11.9 Å². The summed E-state index contributed by atoms with van der Waals surface area (Å²) in [4.78, 5) is 15.1. The molecule has 1 heterocycles. The van der Waals surface area contributed by atoms with Crippen LogP contribution < -0.4 is 5.32 Å². The number of hydrogen-bond acceptors (Lipinski definition) is 2.